The van der Waals surface area contributed by atoms with Gasteiger partial charge in [-0.25, -0.2) is 0 Å². The summed E-state index contributed by atoms with van der Waals surface area (Å²) >= 11 is 0. The van der Waals surface area contributed by atoms with Crippen LogP contribution in [0.1, 0.15) is 6.42 Å². The van der Waals surface area contributed by atoms with Crippen molar-refractivity contribution in [2.45, 2.75) is 12.6 Å². The molecular weight excluding hydrogens is 152 g/mol. The number of rotatable bonds is 4. The molecule has 4 N–H and O–H groups in total. The lowest BCUT2D eigenvalue weighted by Gasteiger charge is -2.13. The molecule has 1 atom stereocenters. The summed E-state index contributed by atoms with van der Waals surface area (Å²) in [5, 5.41) is 11.7. The third kappa shape index (κ3) is 2.90. The molecule has 0 bridgehead atoms. The monoisotopic (exact) mass is 166 g/mol. The van der Waals surface area contributed by atoms with Crippen LogP contribution in [0.3, 0.4) is 0 Å². The molecule has 66 valence electrons. The van der Waals surface area contributed by atoms with E-state index in [4.69, 9.17) is 10.8 Å². The van der Waals surface area contributed by atoms with Gasteiger partial charge in [0.1, 0.15) is 0 Å². The van der Waals surface area contributed by atoms with Gasteiger partial charge in [-0.3, -0.25) is 0 Å². The van der Waals surface area contributed by atoms with E-state index in [0.717, 1.165) is 5.69 Å². The highest BCUT2D eigenvalue weighted by Crippen LogP contribution is 2.05. The number of hydrogen-bond acceptors (Lipinski definition) is 3. The zero-order chi connectivity index (χ0) is 8.81. The largest absolute Gasteiger partial charge is 0.396 e. The van der Waals surface area contributed by atoms with Crippen LogP contribution < -0.4 is 11.1 Å². The molecular formula is C9H14N2O. The van der Waals surface area contributed by atoms with Gasteiger partial charge in [-0.2, -0.15) is 0 Å². The van der Waals surface area contributed by atoms with Gasteiger partial charge in [-0.05, 0) is 12.1 Å². The maximum absolute atomic E-state index is 8.59. The topological polar surface area (TPSA) is 58.3 Å². The van der Waals surface area contributed by atoms with Crippen molar-refractivity contribution in [3.05, 3.63) is 30.3 Å². The molecule has 0 heterocycles. The average Bonchev–Trinajstić information content (AvgIpc) is 2.06. The van der Waals surface area contributed by atoms with Crippen LogP contribution in [0, 0.1) is 0 Å². The molecule has 0 aliphatic carbocycles. The molecule has 0 spiro atoms. The fourth-order valence-electron chi connectivity index (χ4n) is 0.960. The quantitative estimate of drug-likeness (QED) is 0.579. The lowest BCUT2D eigenvalue weighted by molar-refractivity contribution is 0.280. The first kappa shape index (κ1) is 9.03. The number of aliphatic hydroxyl groups excluding tert-OH is 1. The number of benzene rings is 1. The fourth-order valence-corrected chi connectivity index (χ4v) is 0.960. The van der Waals surface area contributed by atoms with Crippen molar-refractivity contribution in [1.29, 1.82) is 0 Å². The molecule has 0 aliphatic heterocycles. The minimum Gasteiger partial charge on any atom is -0.396 e. The highest BCUT2D eigenvalue weighted by molar-refractivity contribution is 5.42. The van der Waals surface area contributed by atoms with Crippen LogP contribution in [0.4, 0.5) is 5.69 Å². The smallest absolute Gasteiger partial charge is 0.0765 e. The van der Waals surface area contributed by atoms with Crippen LogP contribution in [0.25, 0.3) is 0 Å². The van der Waals surface area contributed by atoms with E-state index in [2.05, 4.69) is 5.32 Å². The molecule has 0 saturated carbocycles. The van der Waals surface area contributed by atoms with Gasteiger partial charge < -0.3 is 16.2 Å². The van der Waals surface area contributed by atoms with E-state index < -0.39 is 0 Å². The maximum Gasteiger partial charge on any atom is 0.0765 e. The summed E-state index contributed by atoms with van der Waals surface area (Å²) in [7, 11) is 0. The van der Waals surface area contributed by atoms with Crippen LogP contribution in [-0.2, 0) is 0 Å². The lowest BCUT2D eigenvalue weighted by Crippen LogP contribution is -2.30. The second kappa shape index (κ2) is 4.74. The second-order valence-electron chi connectivity index (χ2n) is 2.63. The van der Waals surface area contributed by atoms with Gasteiger partial charge in [0.2, 0.25) is 0 Å². The van der Waals surface area contributed by atoms with Crippen LogP contribution in [0.15, 0.2) is 30.3 Å². The highest BCUT2D eigenvalue weighted by atomic mass is 16.3. The van der Waals surface area contributed by atoms with Gasteiger partial charge in [0, 0.05) is 18.7 Å². The van der Waals surface area contributed by atoms with Gasteiger partial charge in [-0.15, -0.1) is 0 Å². The third-order valence-electron chi connectivity index (χ3n) is 1.57. The van der Waals surface area contributed by atoms with E-state index >= 15 is 0 Å². The standard InChI is InChI=1S/C9H14N2O/c10-9(6-7-12)11-8-4-2-1-3-5-8/h1-5,9,11-12H,6-7,10H2. The average molecular weight is 166 g/mol. The zero-order valence-corrected chi connectivity index (χ0v) is 6.90. The molecule has 0 saturated heterocycles. The number of para-hydroxylation sites is 1. The van der Waals surface area contributed by atoms with E-state index in [1.807, 2.05) is 30.3 Å². The Morgan fingerprint density at radius 3 is 2.58 bits per heavy atom. The van der Waals surface area contributed by atoms with Crippen molar-refractivity contribution in [1.82, 2.24) is 0 Å². The normalized spacial score (nSPS) is 12.5. The number of anilines is 1. The first-order valence-electron chi connectivity index (χ1n) is 4.01. The predicted molar refractivity (Wildman–Crippen MR) is 49.7 cm³/mol. The number of nitrogens with two attached hydrogens (primary N) is 1. The van der Waals surface area contributed by atoms with Crippen LogP contribution in [-0.4, -0.2) is 17.9 Å². The van der Waals surface area contributed by atoms with Crippen molar-refractivity contribution in [2.75, 3.05) is 11.9 Å². The van der Waals surface area contributed by atoms with Gasteiger partial charge in [0.25, 0.3) is 0 Å². The Balaban J connectivity index is 2.41. The third-order valence-corrected chi connectivity index (χ3v) is 1.57. The second-order valence-corrected chi connectivity index (χ2v) is 2.63. The Morgan fingerprint density at radius 2 is 2.00 bits per heavy atom. The summed E-state index contributed by atoms with van der Waals surface area (Å²) in [4.78, 5) is 0. The van der Waals surface area contributed by atoms with E-state index in [1.54, 1.807) is 0 Å². The van der Waals surface area contributed by atoms with E-state index in [0.29, 0.717) is 6.42 Å². The molecule has 0 aliphatic rings. The Hall–Kier alpha value is -1.06. The molecule has 1 aromatic rings. The molecule has 0 amide bonds. The van der Waals surface area contributed by atoms with Crippen molar-refractivity contribution in [2.24, 2.45) is 5.73 Å². The molecule has 12 heavy (non-hydrogen) atoms. The maximum atomic E-state index is 8.59. The zero-order valence-electron chi connectivity index (χ0n) is 6.90. The summed E-state index contributed by atoms with van der Waals surface area (Å²) in [6.07, 6.45) is 0.395. The Labute approximate surface area is 72.2 Å². The molecule has 1 rings (SSSR count). The fraction of sp³-hybridized carbons (Fsp3) is 0.333. The molecule has 0 aromatic heterocycles. The van der Waals surface area contributed by atoms with Crippen LogP contribution in [0.5, 0.6) is 0 Å². The van der Waals surface area contributed by atoms with Crippen molar-refractivity contribution < 1.29 is 5.11 Å². The van der Waals surface area contributed by atoms with E-state index in [-0.39, 0.29) is 12.8 Å². The summed E-state index contributed by atoms with van der Waals surface area (Å²) < 4.78 is 0. The first-order valence-corrected chi connectivity index (χ1v) is 4.01. The van der Waals surface area contributed by atoms with E-state index in [9.17, 15) is 0 Å². The Morgan fingerprint density at radius 1 is 1.33 bits per heavy atom. The molecule has 1 unspecified atom stereocenters. The van der Waals surface area contributed by atoms with Gasteiger partial charge in [0.05, 0.1) is 6.17 Å². The summed E-state index contributed by atoms with van der Waals surface area (Å²) in [6.45, 7) is 0.112. The summed E-state index contributed by atoms with van der Waals surface area (Å²) in [5.41, 5.74) is 6.63. The Bertz CT molecular complexity index is 213. The number of nitrogens with one attached hydrogen (secondary N) is 1. The summed E-state index contributed by atoms with van der Waals surface area (Å²) in [6, 6.07) is 9.71. The molecule has 3 nitrogen and oxygen atoms in total. The minimum absolute atomic E-state index is 0.112. The van der Waals surface area contributed by atoms with Crippen molar-refractivity contribution >= 4 is 5.69 Å². The number of aliphatic hydroxyl groups is 1. The van der Waals surface area contributed by atoms with Gasteiger partial charge in [-0.1, -0.05) is 18.2 Å². The minimum atomic E-state index is -0.169. The molecule has 3 heteroatoms. The van der Waals surface area contributed by atoms with Crippen molar-refractivity contribution in [3.8, 4) is 0 Å². The highest BCUT2D eigenvalue weighted by Gasteiger charge is 1.98. The molecule has 0 fully saturated rings. The van der Waals surface area contributed by atoms with Gasteiger partial charge in [0.15, 0.2) is 0 Å². The van der Waals surface area contributed by atoms with Crippen LogP contribution in [0.2, 0.25) is 0 Å². The van der Waals surface area contributed by atoms with Crippen molar-refractivity contribution in [3.63, 3.8) is 0 Å². The number of hydrogen-bond donors (Lipinski definition) is 3. The predicted octanol–water partition coefficient (Wildman–Crippen LogP) is 0.766. The summed E-state index contributed by atoms with van der Waals surface area (Å²) in [5.74, 6) is 0. The van der Waals surface area contributed by atoms with Crippen LogP contribution >= 0.6 is 0 Å². The molecule has 1 aromatic carbocycles. The van der Waals surface area contributed by atoms with Gasteiger partial charge >= 0.3 is 0 Å². The Kier molecular flexibility index (Phi) is 3.57. The van der Waals surface area contributed by atoms with E-state index in [1.165, 1.54) is 0 Å². The first-order chi connectivity index (χ1) is 5.83. The molecule has 0 radical (unpaired) electrons. The lowest BCUT2D eigenvalue weighted by atomic mass is 10.3. The SMILES string of the molecule is NC(CCO)Nc1ccccc1.